The number of benzene rings is 1. The number of nitrogens with one attached hydrogen (secondary N) is 1. The summed E-state index contributed by atoms with van der Waals surface area (Å²) in [5.41, 5.74) is -0.166. The minimum absolute atomic E-state index is 0.189. The van der Waals surface area contributed by atoms with Crippen LogP contribution in [0.5, 0.6) is 0 Å². The van der Waals surface area contributed by atoms with Crippen LogP contribution in [0.2, 0.25) is 5.02 Å². The number of halogens is 4. The molecular formula is C12H9ClF3N3O2. The van der Waals surface area contributed by atoms with Gasteiger partial charge in [0.2, 0.25) is 5.91 Å². The van der Waals surface area contributed by atoms with E-state index in [2.05, 4.69) is 4.98 Å². The van der Waals surface area contributed by atoms with Crippen molar-refractivity contribution in [3.05, 3.63) is 39.9 Å². The third-order valence-corrected chi connectivity index (χ3v) is 2.82. The van der Waals surface area contributed by atoms with Crippen molar-refractivity contribution < 1.29 is 18.0 Å². The normalized spacial score (nSPS) is 11.6. The number of carbonyl (C=O) groups is 1. The van der Waals surface area contributed by atoms with Crippen LogP contribution in [0.25, 0.3) is 10.9 Å². The highest BCUT2D eigenvalue weighted by Gasteiger charge is 2.27. The Morgan fingerprint density at radius 1 is 1.38 bits per heavy atom. The van der Waals surface area contributed by atoms with Gasteiger partial charge in [0.1, 0.15) is 13.1 Å². The van der Waals surface area contributed by atoms with Crippen molar-refractivity contribution in [1.29, 1.82) is 0 Å². The molecule has 0 bridgehead atoms. The molecule has 0 aliphatic carbocycles. The molecule has 1 N–H and O–H groups in total. The number of fused-ring (bicyclic) bond motifs is 1. The van der Waals surface area contributed by atoms with Gasteiger partial charge in [0.25, 0.3) is 5.56 Å². The molecule has 21 heavy (non-hydrogen) atoms. The van der Waals surface area contributed by atoms with Crippen molar-refractivity contribution in [3.8, 4) is 0 Å². The summed E-state index contributed by atoms with van der Waals surface area (Å²) in [4.78, 5) is 27.4. The van der Waals surface area contributed by atoms with E-state index in [1.165, 1.54) is 12.1 Å². The second-order valence-corrected chi connectivity index (χ2v) is 4.67. The first-order chi connectivity index (χ1) is 9.76. The Morgan fingerprint density at radius 2 is 2.10 bits per heavy atom. The monoisotopic (exact) mass is 319 g/mol. The summed E-state index contributed by atoms with van der Waals surface area (Å²) < 4.78 is 36.9. The van der Waals surface area contributed by atoms with Gasteiger partial charge in [-0.15, -0.1) is 0 Å². The molecule has 0 unspecified atom stereocenters. The highest BCUT2D eigenvalue weighted by Crippen LogP contribution is 2.14. The number of aromatic nitrogens is 2. The Labute approximate surface area is 121 Å². The molecule has 0 aliphatic heterocycles. The van der Waals surface area contributed by atoms with Crippen LogP contribution >= 0.6 is 11.6 Å². The van der Waals surface area contributed by atoms with Gasteiger partial charge in [0.05, 0.1) is 17.2 Å². The lowest BCUT2D eigenvalue weighted by Gasteiger charge is -2.09. The van der Waals surface area contributed by atoms with E-state index in [0.29, 0.717) is 10.5 Å². The maximum atomic E-state index is 12.1. The zero-order valence-electron chi connectivity index (χ0n) is 10.4. The Morgan fingerprint density at radius 3 is 2.76 bits per heavy atom. The Balaban J connectivity index is 2.21. The average molecular weight is 320 g/mol. The lowest BCUT2D eigenvalue weighted by molar-refractivity contribution is -0.138. The maximum absolute atomic E-state index is 12.1. The molecule has 0 aliphatic rings. The minimum Gasteiger partial charge on any atom is -0.345 e. The van der Waals surface area contributed by atoms with Crippen LogP contribution in [0.1, 0.15) is 0 Å². The Hall–Kier alpha value is -2.09. The van der Waals surface area contributed by atoms with Crippen LogP contribution in [0.4, 0.5) is 13.2 Å². The van der Waals surface area contributed by atoms with Crippen molar-refractivity contribution in [3.63, 3.8) is 0 Å². The fourth-order valence-corrected chi connectivity index (χ4v) is 1.83. The zero-order valence-corrected chi connectivity index (χ0v) is 11.2. The predicted molar refractivity (Wildman–Crippen MR) is 70.1 cm³/mol. The summed E-state index contributed by atoms with van der Waals surface area (Å²) in [6.07, 6.45) is -3.40. The number of nitrogens with zero attached hydrogens (tertiary/aromatic N) is 2. The first-order valence-electron chi connectivity index (χ1n) is 5.74. The van der Waals surface area contributed by atoms with E-state index in [-0.39, 0.29) is 5.39 Å². The summed E-state index contributed by atoms with van der Waals surface area (Å²) in [6.45, 7) is -2.00. The first-order valence-corrected chi connectivity index (χ1v) is 6.12. The summed E-state index contributed by atoms with van der Waals surface area (Å²) in [7, 11) is 0. The smallest absolute Gasteiger partial charge is 0.345 e. The number of amides is 1. The molecular weight excluding hydrogens is 311 g/mol. The van der Waals surface area contributed by atoms with Gasteiger partial charge in [-0.25, -0.2) is 4.98 Å². The molecule has 2 aromatic rings. The van der Waals surface area contributed by atoms with Crippen LogP contribution in [-0.2, 0) is 11.3 Å². The lowest BCUT2D eigenvalue weighted by atomic mass is 10.2. The van der Waals surface area contributed by atoms with Crippen molar-refractivity contribution in [2.75, 3.05) is 6.54 Å². The Kier molecular flexibility index (Phi) is 4.17. The zero-order chi connectivity index (χ0) is 15.6. The third-order valence-electron chi connectivity index (χ3n) is 2.59. The molecule has 0 fully saturated rings. The first kappa shape index (κ1) is 15.3. The molecule has 9 heteroatoms. The molecule has 0 atom stereocenters. The molecule has 112 valence electrons. The van der Waals surface area contributed by atoms with E-state index in [9.17, 15) is 22.8 Å². The van der Waals surface area contributed by atoms with E-state index in [4.69, 9.17) is 11.6 Å². The van der Waals surface area contributed by atoms with Crippen LogP contribution in [0, 0.1) is 0 Å². The van der Waals surface area contributed by atoms with E-state index in [1.807, 2.05) is 0 Å². The van der Waals surface area contributed by atoms with Gasteiger partial charge in [0, 0.05) is 5.02 Å². The molecule has 1 aromatic heterocycles. The molecule has 1 amide bonds. The van der Waals surface area contributed by atoms with Crippen molar-refractivity contribution in [1.82, 2.24) is 14.9 Å². The molecule has 1 aromatic carbocycles. The summed E-state index contributed by atoms with van der Waals surface area (Å²) in [6, 6.07) is 4.47. The van der Waals surface area contributed by atoms with Gasteiger partial charge < -0.3 is 5.32 Å². The van der Waals surface area contributed by atoms with Gasteiger partial charge in [-0.3, -0.25) is 14.2 Å². The Bertz CT molecular complexity index is 743. The van der Waals surface area contributed by atoms with Crippen molar-refractivity contribution in [2.45, 2.75) is 12.7 Å². The van der Waals surface area contributed by atoms with E-state index in [1.54, 1.807) is 11.4 Å². The lowest BCUT2D eigenvalue weighted by Crippen LogP contribution is -2.37. The average Bonchev–Trinajstić information content (AvgIpc) is 2.39. The largest absolute Gasteiger partial charge is 0.405 e. The standard InChI is InChI=1S/C12H9ClF3N3O2/c13-7-1-2-9-8(3-7)11(21)19(6-18-9)4-10(20)17-5-12(14,15)16/h1-3,6H,4-5H2,(H,17,20). The topological polar surface area (TPSA) is 64.0 Å². The van der Waals surface area contributed by atoms with Crippen LogP contribution < -0.4 is 10.9 Å². The summed E-state index contributed by atoms with van der Waals surface area (Å²) in [5.74, 6) is -0.933. The fraction of sp³-hybridized carbons (Fsp3) is 0.250. The van der Waals surface area contributed by atoms with Crippen LogP contribution in [-0.4, -0.2) is 28.2 Å². The van der Waals surface area contributed by atoms with Gasteiger partial charge in [0.15, 0.2) is 0 Å². The van der Waals surface area contributed by atoms with Crippen LogP contribution in [0.15, 0.2) is 29.3 Å². The van der Waals surface area contributed by atoms with Gasteiger partial charge in [-0.05, 0) is 18.2 Å². The minimum atomic E-state index is -4.50. The molecule has 0 radical (unpaired) electrons. The van der Waals surface area contributed by atoms with E-state index >= 15 is 0 Å². The number of hydrogen-bond donors (Lipinski definition) is 1. The SMILES string of the molecule is O=C(Cn1cnc2ccc(Cl)cc2c1=O)NCC(F)(F)F. The summed E-state index contributed by atoms with van der Waals surface area (Å²) >= 11 is 5.77. The van der Waals surface area contributed by atoms with Gasteiger partial charge in [-0.2, -0.15) is 13.2 Å². The quantitative estimate of drug-likeness (QED) is 0.937. The van der Waals surface area contributed by atoms with Crippen molar-refractivity contribution in [2.24, 2.45) is 0 Å². The maximum Gasteiger partial charge on any atom is 0.405 e. The fourth-order valence-electron chi connectivity index (χ4n) is 1.65. The molecule has 5 nitrogen and oxygen atoms in total. The molecule has 0 saturated heterocycles. The second-order valence-electron chi connectivity index (χ2n) is 4.23. The third kappa shape index (κ3) is 3.94. The number of alkyl halides is 3. The van der Waals surface area contributed by atoms with E-state index in [0.717, 1.165) is 10.9 Å². The van der Waals surface area contributed by atoms with E-state index < -0.39 is 30.7 Å². The second kappa shape index (κ2) is 5.72. The van der Waals surface area contributed by atoms with Gasteiger partial charge in [-0.1, -0.05) is 11.6 Å². The summed E-state index contributed by atoms with van der Waals surface area (Å²) in [5, 5.41) is 2.19. The highest BCUT2D eigenvalue weighted by atomic mass is 35.5. The van der Waals surface area contributed by atoms with Gasteiger partial charge >= 0.3 is 6.18 Å². The number of rotatable bonds is 3. The van der Waals surface area contributed by atoms with Crippen molar-refractivity contribution >= 4 is 28.4 Å². The molecule has 1 heterocycles. The predicted octanol–water partition coefficient (Wildman–Crippen LogP) is 1.73. The van der Waals surface area contributed by atoms with Crippen LogP contribution in [0.3, 0.4) is 0 Å². The number of carbonyl (C=O) groups excluding carboxylic acids is 1. The number of hydrogen-bond acceptors (Lipinski definition) is 3. The molecule has 0 spiro atoms. The molecule has 2 rings (SSSR count). The molecule has 0 saturated carbocycles. The highest BCUT2D eigenvalue weighted by molar-refractivity contribution is 6.31.